The minimum absolute atomic E-state index is 0.0491. The standard InChI is InChI=1S/C36H40N4O8S2/c1-24(34(42)43)32(26-14-15-30-31(19-26)48-23-47-30)39-35(44)38-29(13-5-6-16-37-36(45)46-22-25-9-3-2-4-10-25)33(41)40(20-27-11-7-17-49-27)21-28-12-8-18-50-28/h2-4,7-12,14-15,17-19,24,29,32H,5-6,13,16,20-23H2,1H3,(H,37,45)(H,42,43)(H2,38,39,44)/t24?,29-,32+/m1/s1. The zero-order chi connectivity index (χ0) is 35.3. The third-order valence-corrected chi connectivity index (χ3v) is 9.82. The number of hydrogen-bond donors (Lipinski definition) is 4. The Morgan fingerprint density at radius 3 is 2.24 bits per heavy atom. The van der Waals surface area contributed by atoms with Crippen molar-refractivity contribution >= 4 is 46.7 Å². The van der Waals surface area contributed by atoms with Crippen molar-refractivity contribution in [3.63, 3.8) is 0 Å². The molecule has 0 aliphatic carbocycles. The van der Waals surface area contributed by atoms with Crippen LogP contribution in [0.25, 0.3) is 0 Å². The summed E-state index contributed by atoms with van der Waals surface area (Å²) in [5.41, 5.74) is 1.39. The van der Waals surface area contributed by atoms with Crippen LogP contribution in [-0.2, 0) is 34.0 Å². The summed E-state index contributed by atoms with van der Waals surface area (Å²) in [7, 11) is 0. The first-order valence-electron chi connectivity index (χ1n) is 16.2. The van der Waals surface area contributed by atoms with Crippen LogP contribution in [0.4, 0.5) is 9.59 Å². The van der Waals surface area contributed by atoms with Crippen LogP contribution >= 0.6 is 22.7 Å². The number of carbonyl (C=O) groups excluding carboxylic acids is 3. The fourth-order valence-electron chi connectivity index (χ4n) is 5.40. The number of urea groups is 1. The number of ether oxygens (including phenoxy) is 3. The maximum atomic E-state index is 14.2. The number of carboxylic acids is 1. The van der Waals surface area contributed by atoms with Crippen molar-refractivity contribution < 1.29 is 38.5 Å². The molecule has 264 valence electrons. The topological polar surface area (TPSA) is 156 Å². The van der Waals surface area contributed by atoms with E-state index in [4.69, 9.17) is 14.2 Å². The Kier molecular flexibility index (Phi) is 13.1. The van der Waals surface area contributed by atoms with Crippen LogP contribution in [0.1, 0.15) is 53.1 Å². The van der Waals surface area contributed by atoms with E-state index in [-0.39, 0.29) is 25.7 Å². The molecule has 4 N–H and O–H groups in total. The van der Waals surface area contributed by atoms with Gasteiger partial charge in [0.25, 0.3) is 0 Å². The third kappa shape index (κ3) is 10.5. The molecule has 1 aliphatic heterocycles. The highest BCUT2D eigenvalue weighted by Crippen LogP contribution is 2.36. The molecule has 14 heteroatoms. The van der Waals surface area contributed by atoms with Gasteiger partial charge in [-0.2, -0.15) is 0 Å². The molecule has 4 amide bonds. The number of aliphatic carboxylic acids is 1. The number of benzene rings is 2. The van der Waals surface area contributed by atoms with Gasteiger partial charge in [-0.15, -0.1) is 22.7 Å². The van der Waals surface area contributed by atoms with Gasteiger partial charge in [-0.25, -0.2) is 9.59 Å². The maximum absolute atomic E-state index is 14.2. The number of thiophene rings is 2. The number of nitrogens with zero attached hydrogens (tertiary/aromatic N) is 1. The Bertz CT molecular complexity index is 1670. The quantitative estimate of drug-likeness (QED) is 0.0928. The summed E-state index contributed by atoms with van der Waals surface area (Å²) >= 11 is 3.08. The average molecular weight is 721 g/mol. The summed E-state index contributed by atoms with van der Waals surface area (Å²) in [4.78, 5) is 55.9. The van der Waals surface area contributed by atoms with Crippen LogP contribution in [0, 0.1) is 5.92 Å². The largest absolute Gasteiger partial charge is 0.481 e. The Morgan fingerprint density at radius 2 is 1.58 bits per heavy atom. The molecule has 0 spiro atoms. The van der Waals surface area contributed by atoms with Gasteiger partial charge < -0.3 is 40.2 Å². The fourth-order valence-corrected chi connectivity index (χ4v) is 6.84. The fraction of sp³-hybridized carbons (Fsp3) is 0.333. The number of nitrogens with one attached hydrogen (secondary N) is 3. The molecule has 0 radical (unpaired) electrons. The molecule has 1 unspecified atom stereocenters. The van der Waals surface area contributed by atoms with Crippen molar-refractivity contribution in [2.75, 3.05) is 13.3 Å². The number of alkyl carbamates (subject to hydrolysis) is 1. The summed E-state index contributed by atoms with van der Waals surface area (Å²) in [6.07, 6.45) is 0.763. The molecule has 3 heterocycles. The first-order valence-corrected chi connectivity index (χ1v) is 18.0. The van der Waals surface area contributed by atoms with Gasteiger partial charge in [0.05, 0.1) is 25.0 Å². The van der Waals surface area contributed by atoms with Crippen LogP contribution in [0.15, 0.2) is 83.6 Å². The lowest BCUT2D eigenvalue weighted by molar-refractivity contribution is -0.142. The molecule has 0 saturated carbocycles. The van der Waals surface area contributed by atoms with Gasteiger partial charge in [0.1, 0.15) is 12.6 Å². The van der Waals surface area contributed by atoms with Crippen LogP contribution in [0.3, 0.4) is 0 Å². The van der Waals surface area contributed by atoms with Gasteiger partial charge in [0, 0.05) is 16.3 Å². The summed E-state index contributed by atoms with van der Waals surface area (Å²) in [5, 5.41) is 22.2. The Labute approximate surface area is 298 Å². The number of hydrogen-bond acceptors (Lipinski definition) is 9. The smallest absolute Gasteiger partial charge is 0.407 e. The van der Waals surface area contributed by atoms with Gasteiger partial charge in [0.15, 0.2) is 11.5 Å². The number of carboxylic acid groups (broad SMARTS) is 1. The number of unbranched alkanes of at least 4 members (excludes halogenated alkanes) is 1. The van der Waals surface area contributed by atoms with Gasteiger partial charge in [-0.05, 0) is 72.3 Å². The van der Waals surface area contributed by atoms with Crippen molar-refractivity contribution in [1.82, 2.24) is 20.9 Å². The van der Waals surface area contributed by atoms with Crippen LogP contribution in [0.5, 0.6) is 11.5 Å². The summed E-state index contributed by atoms with van der Waals surface area (Å²) in [6.45, 7) is 2.74. The van der Waals surface area contributed by atoms with Gasteiger partial charge in [0.2, 0.25) is 12.7 Å². The molecule has 4 aromatic rings. The summed E-state index contributed by atoms with van der Waals surface area (Å²) < 4.78 is 16.1. The van der Waals surface area contributed by atoms with E-state index in [0.29, 0.717) is 49.5 Å². The van der Waals surface area contributed by atoms with Crippen LogP contribution in [-0.4, -0.2) is 53.4 Å². The maximum Gasteiger partial charge on any atom is 0.407 e. The molecule has 0 fully saturated rings. The monoisotopic (exact) mass is 720 g/mol. The lowest BCUT2D eigenvalue weighted by atomic mass is 9.94. The highest BCUT2D eigenvalue weighted by molar-refractivity contribution is 7.10. The van der Waals surface area contributed by atoms with Gasteiger partial charge in [-0.3, -0.25) is 9.59 Å². The van der Waals surface area contributed by atoms with Crippen molar-refractivity contribution in [1.29, 1.82) is 0 Å². The first-order chi connectivity index (χ1) is 24.3. The Morgan fingerprint density at radius 1 is 0.880 bits per heavy atom. The number of rotatable bonds is 17. The first kappa shape index (κ1) is 36.2. The second-order valence-electron chi connectivity index (χ2n) is 11.7. The summed E-state index contributed by atoms with van der Waals surface area (Å²) in [5.74, 6) is -1.40. The van der Waals surface area contributed by atoms with Crippen LogP contribution < -0.4 is 25.4 Å². The second kappa shape index (κ2) is 18.1. The van der Waals surface area contributed by atoms with Gasteiger partial charge in [-0.1, -0.05) is 48.5 Å². The van der Waals surface area contributed by atoms with E-state index in [2.05, 4.69) is 16.0 Å². The number of fused-ring (bicyclic) bond motifs is 1. The molecule has 12 nitrogen and oxygen atoms in total. The number of amides is 4. The molecular formula is C36H40N4O8S2. The zero-order valence-corrected chi connectivity index (χ0v) is 29.2. The van der Waals surface area contributed by atoms with E-state index >= 15 is 0 Å². The van der Waals surface area contributed by atoms with E-state index in [9.17, 15) is 24.3 Å². The second-order valence-corrected chi connectivity index (χ2v) is 13.8. The van der Waals surface area contributed by atoms with Crippen molar-refractivity contribution in [3.8, 4) is 11.5 Å². The van der Waals surface area contributed by atoms with Crippen molar-refractivity contribution in [3.05, 3.63) is 104 Å². The predicted octanol–water partition coefficient (Wildman–Crippen LogP) is 6.29. The molecule has 1 aliphatic rings. The SMILES string of the molecule is CC(C(=O)O)[C@H](NC(=O)N[C@H](CCCCNC(=O)OCc1ccccc1)C(=O)N(Cc1cccs1)Cc1cccs1)c1ccc2c(c1)OCO2. The zero-order valence-electron chi connectivity index (χ0n) is 27.5. The molecular weight excluding hydrogens is 681 g/mol. The third-order valence-electron chi connectivity index (χ3n) is 8.10. The normalized spacial score (nSPS) is 13.5. The molecule has 2 aromatic carbocycles. The highest BCUT2D eigenvalue weighted by atomic mass is 32.1. The average Bonchev–Trinajstić information content (AvgIpc) is 3.92. The summed E-state index contributed by atoms with van der Waals surface area (Å²) in [6, 6.07) is 19.6. The minimum Gasteiger partial charge on any atom is -0.481 e. The molecule has 0 saturated heterocycles. The molecule has 0 bridgehead atoms. The van der Waals surface area contributed by atoms with Crippen LogP contribution in [0.2, 0.25) is 0 Å². The molecule has 5 rings (SSSR count). The van der Waals surface area contributed by atoms with Gasteiger partial charge >= 0.3 is 18.1 Å². The minimum atomic E-state index is -1.10. The lowest BCUT2D eigenvalue weighted by Gasteiger charge is -2.29. The Hall–Kier alpha value is -5.08. The Balaban J connectivity index is 1.26. The van der Waals surface area contributed by atoms with E-state index in [1.807, 2.05) is 65.4 Å². The number of carbonyl (C=O) groups is 4. The van der Waals surface area contributed by atoms with E-state index in [1.54, 1.807) is 23.1 Å². The van der Waals surface area contributed by atoms with E-state index < -0.39 is 36.1 Å². The van der Waals surface area contributed by atoms with Crippen molar-refractivity contribution in [2.24, 2.45) is 5.92 Å². The van der Waals surface area contributed by atoms with E-state index in [1.165, 1.54) is 29.6 Å². The molecule has 3 atom stereocenters. The van der Waals surface area contributed by atoms with E-state index in [0.717, 1.165) is 15.3 Å². The predicted molar refractivity (Wildman–Crippen MR) is 189 cm³/mol. The highest BCUT2D eigenvalue weighted by Gasteiger charge is 2.31. The molecule has 2 aromatic heterocycles. The molecule has 50 heavy (non-hydrogen) atoms. The van der Waals surface area contributed by atoms with Crippen molar-refractivity contribution in [2.45, 2.75) is 58.0 Å². The lowest BCUT2D eigenvalue weighted by Crippen LogP contribution is -2.52.